The van der Waals surface area contributed by atoms with Gasteiger partial charge in [-0.2, -0.15) is 0 Å². The summed E-state index contributed by atoms with van der Waals surface area (Å²) < 4.78 is 34.4. The van der Waals surface area contributed by atoms with E-state index in [0.717, 1.165) is 51.4 Å². The van der Waals surface area contributed by atoms with Crippen LogP contribution < -0.4 is 29.6 Å². The van der Waals surface area contributed by atoms with Crippen LogP contribution >= 0.6 is 0 Å². The molecule has 0 saturated carbocycles. The molecule has 0 saturated heterocycles. The molecule has 0 aromatic rings. The number of aliphatic hydroxyl groups is 1. The van der Waals surface area contributed by atoms with Crippen molar-refractivity contribution < 1.29 is 47.6 Å². The Kier molecular flexibility index (Phi) is 25.0. The maximum atomic E-state index is 11.5. The third-order valence-corrected chi connectivity index (χ3v) is 6.76. The van der Waals surface area contributed by atoms with Gasteiger partial charge in [0.25, 0.3) is 0 Å². The van der Waals surface area contributed by atoms with Crippen LogP contribution in [0.4, 0.5) is 0 Å². The first-order chi connectivity index (χ1) is 13.0. The quantitative estimate of drug-likeness (QED) is 0.173. The third-order valence-electron chi connectivity index (χ3n) is 5.47. The fourth-order valence-corrected chi connectivity index (χ4v) is 4.57. The average Bonchev–Trinajstić information content (AvgIpc) is 2.62. The standard InChI is InChI=1S/C22H46O4S.Na/c1-2-3-4-5-10-13-16-19-22(27(24,25)26)20-17-14-11-8-6-7-9-12-15-18-21-23;/h22-23H,2-21H2,1H3,(H,24,25,26);/q;+1/p-1. The zero-order valence-corrected chi connectivity index (χ0v) is 21.6. The zero-order valence-electron chi connectivity index (χ0n) is 18.8. The molecule has 1 N–H and O–H groups in total. The molecule has 4 nitrogen and oxygen atoms in total. The minimum atomic E-state index is -4.15. The summed E-state index contributed by atoms with van der Waals surface area (Å²) in [6, 6.07) is 0. The van der Waals surface area contributed by atoms with Gasteiger partial charge in [0.15, 0.2) is 0 Å². The first-order valence-corrected chi connectivity index (χ1v) is 13.0. The van der Waals surface area contributed by atoms with Gasteiger partial charge >= 0.3 is 29.6 Å². The molecule has 0 spiro atoms. The van der Waals surface area contributed by atoms with E-state index >= 15 is 0 Å². The Hall–Kier alpha value is 0.870. The van der Waals surface area contributed by atoms with Crippen LogP contribution in [0.15, 0.2) is 0 Å². The molecule has 0 aromatic heterocycles. The topological polar surface area (TPSA) is 77.4 Å². The van der Waals surface area contributed by atoms with Crippen molar-refractivity contribution in [2.24, 2.45) is 0 Å². The van der Waals surface area contributed by atoms with Crippen LogP contribution in [0.5, 0.6) is 0 Å². The van der Waals surface area contributed by atoms with Crippen LogP contribution in [0.2, 0.25) is 0 Å². The summed E-state index contributed by atoms with van der Waals surface area (Å²) in [5.74, 6) is 0. The molecule has 0 aliphatic heterocycles. The first kappa shape index (κ1) is 31.1. The number of unbranched alkanes of at least 4 members (excludes halogenated alkanes) is 15. The second kappa shape index (κ2) is 22.6. The normalized spacial score (nSPS) is 12.7. The van der Waals surface area contributed by atoms with E-state index in [4.69, 9.17) is 5.11 Å². The summed E-state index contributed by atoms with van der Waals surface area (Å²) in [6.07, 6.45) is 20.4. The van der Waals surface area contributed by atoms with E-state index < -0.39 is 15.4 Å². The van der Waals surface area contributed by atoms with Crippen LogP contribution in [0.1, 0.15) is 129 Å². The van der Waals surface area contributed by atoms with Crippen molar-refractivity contribution in [3.8, 4) is 0 Å². The van der Waals surface area contributed by atoms with Gasteiger partial charge in [0.1, 0.15) is 0 Å². The Labute approximate surface area is 197 Å². The Bertz CT molecular complexity index is 401. The van der Waals surface area contributed by atoms with Gasteiger partial charge in [0.05, 0.1) is 10.1 Å². The van der Waals surface area contributed by atoms with E-state index in [1.54, 1.807) is 0 Å². The van der Waals surface area contributed by atoms with Crippen LogP contribution in [-0.2, 0) is 10.1 Å². The van der Waals surface area contributed by atoms with Gasteiger partial charge in [-0.05, 0) is 19.3 Å². The number of aliphatic hydroxyl groups excluding tert-OH is 1. The fourth-order valence-electron chi connectivity index (χ4n) is 3.66. The second-order valence-corrected chi connectivity index (χ2v) is 9.72. The Morgan fingerprint density at radius 1 is 0.643 bits per heavy atom. The van der Waals surface area contributed by atoms with Gasteiger partial charge in [-0.1, -0.05) is 110 Å². The monoisotopic (exact) mass is 428 g/mol. The molecule has 0 amide bonds. The maximum absolute atomic E-state index is 11.5. The number of hydrogen-bond acceptors (Lipinski definition) is 4. The minimum Gasteiger partial charge on any atom is -0.748 e. The van der Waals surface area contributed by atoms with Gasteiger partial charge in [-0.15, -0.1) is 0 Å². The average molecular weight is 429 g/mol. The van der Waals surface area contributed by atoms with Crippen molar-refractivity contribution in [2.45, 2.75) is 134 Å². The largest absolute Gasteiger partial charge is 1.00 e. The summed E-state index contributed by atoms with van der Waals surface area (Å²) >= 11 is 0. The van der Waals surface area contributed by atoms with Crippen molar-refractivity contribution in [3.63, 3.8) is 0 Å². The third kappa shape index (κ3) is 21.6. The van der Waals surface area contributed by atoms with Crippen LogP contribution in [-0.4, -0.2) is 29.9 Å². The van der Waals surface area contributed by atoms with Gasteiger partial charge in [-0.25, -0.2) is 8.42 Å². The van der Waals surface area contributed by atoms with Crippen LogP contribution in [0.25, 0.3) is 0 Å². The number of rotatable bonds is 21. The molecular formula is C22H45NaO4S. The van der Waals surface area contributed by atoms with E-state index in [-0.39, 0.29) is 29.6 Å². The molecule has 0 fully saturated rings. The van der Waals surface area contributed by atoms with Gasteiger partial charge in [0, 0.05) is 11.9 Å². The first-order valence-electron chi connectivity index (χ1n) is 11.6. The van der Waals surface area contributed by atoms with Gasteiger partial charge < -0.3 is 9.66 Å². The van der Waals surface area contributed by atoms with E-state index in [1.807, 2.05) is 0 Å². The summed E-state index contributed by atoms with van der Waals surface area (Å²) in [4.78, 5) is 0. The maximum Gasteiger partial charge on any atom is 1.00 e. The Morgan fingerprint density at radius 3 is 1.29 bits per heavy atom. The van der Waals surface area contributed by atoms with Gasteiger partial charge in [0.2, 0.25) is 0 Å². The van der Waals surface area contributed by atoms with Crippen molar-refractivity contribution >= 4 is 10.1 Å². The molecule has 0 aromatic carbocycles. The van der Waals surface area contributed by atoms with E-state index in [1.165, 1.54) is 57.8 Å². The van der Waals surface area contributed by atoms with E-state index in [0.29, 0.717) is 19.4 Å². The van der Waals surface area contributed by atoms with E-state index in [2.05, 4.69) is 6.92 Å². The smallest absolute Gasteiger partial charge is 0.748 e. The molecule has 6 heteroatoms. The molecule has 0 aliphatic carbocycles. The molecule has 0 aliphatic rings. The molecule has 0 rings (SSSR count). The minimum absolute atomic E-state index is 0. The molecule has 0 radical (unpaired) electrons. The van der Waals surface area contributed by atoms with Crippen molar-refractivity contribution in [1.29, 1.82) is 0 Å². The summed E-state index contributed by atoms with van der Waals surface area (Å²) in [5, 5.41) is 8.05. The van der Waals surface area contributed by atoms with Crippen molar-refractivity contribution in [1.82, 2.24) is 0 Å². The van der Waals surface area contributed by atoms with Crippen LogP contribution in [0.3, 0.4) is 0 Å². The zero-order chi connectivity index (χ0) is 20.2. The summed E-state index contributed by atoms with van der Waals surface area (Å²) in [5.41, 5.74) is 0. The second-order valence-electron chi connectivity index (χ2n) is 8.07. The van der Waals surface area contributed by atoms with E-state index in [9.17, 15) is 13.0 Å². The van der Waals surface area contributed by atoms with Crippen LogP contribution in [0, 0.1) is 0 Å². The SMILES string of the molecule is CCCCCCCCCC(CCCCCCCCCCCCO)S(=O)(=O)[O-].[Na+]. The van der Waals surface area contributed by atoms with Crippen molar-refractivity contribution in [2.75, 3.05) is 6.61 Å². The summed E-state index contributed by atoms with van der Waals surface area (Å²) in [6.45, 7) is 2.50. The van der Waals surface area contributed by atoms with Gasteiger partial charge in [-0.3, -0.25) is 0 Å². The number of hydrogen-bond donors (Lipinski definition) is 1. The molecule has 1 unspecified atom stereocenters. The molecule has 164 valence electrons. The molecule has 0 bridgehead atoms. The molecule has 0 heterocycles. The fraction of sp³-hybridized carbons (Fsp3) is 1.00. The summed E-state index contributed by atoms with van der Waals surface area (Å²) in [7, 11) is -4.15. The Balaban J connectivity index is 0. The molecule has 1 atom stereocenters. The predicted octanol–water partition coefficient (Wildman–Crippen LogP) is 3.33. The predicted molar refractivity (Wildman–Crippen MR) is 114 cm³/mol. The molecular weight excluding hydrogens is 383 g/mol. The van der Waals surface area contributed by atoms with Crippen molar-refractivity contribution in [3.05, 3.63) is 0 Å². The Morgan fingerprint density at radius 2 is 0.964 bits per heavy atom. The molecule has 28 heavy (non-hydrogen) atoms.